The first kappa shape index (κ1) is 15.0. The lowest BCUT2D eigenvalue weighted by molar-refractivity contribution is -0.137. The SMILES string of the molecule is COc1ccc(-c2cc(C(F)(F)F)cc(=O)[nH]2)c(OC)c1. The second-order valence-corrected chi connectivity index (χ2v) is 4.21. The molecule has 7 heteroatoms. The van der Waals surface area contributed by atoms with Crippen LogP contribution in [0.15, 0.2) is 35.1 Å². The minimum atomic E-state index is -4.59. The maximum absolute atomic E-state index is 12.8. The van der Waals surface area contributed by atoms with Crippen molar-refractivity contribution < 1.29 is 22.6 Å². The van der Waals surface area contributed by atoms with Gasteiger partial charge in [0.1, 0.15) is 11.5 Å². The summed E-state index contributed by atoms with van der Waals surface area (Å²) >= 11 is 0. The Hall–Kier alpha value is -2.44. The van der Waals surface area contributed by atoms with Gasteiger partial charge in [-0.1, -0.05) is 0 Å². The molecule has 2 rings (SSSR count). The zero-order valence-corrected chi connectivity index (χ0v) is 11.2. The Labute approximate surface area is 118 Å². The van der Waals surface area contributed by atoms with Gasteiger partial charge in [-0.05, 0) is 18.2 Å². The topological polar surface area (TPSA) is 51.3 Å². The number of rotatable bonds is 3. The molecule has 4 nitrogen and oxygen atoms in total. The second-order valence-electron chi connectivity index (χ2n) is 4.21. The summed E-state index contributed by atoms with van der Waals surface area (Å²) in [6.07, 6.45) is -4.59. The van der Waals surface area contributed by atoms with Gasteiger partial charge in [0.05, 0.1) is 25.5 Å². The first-order valence-electron chi connectivity index (χ1n) is 5.89. The van der Waals surface area contributed by atoms with E-state index in [2.05, 4.69) is 4.98 Å². The number of aromatic nitrogens is 1. The van der Waals surface area contributed by atoms with Gasteiger partial charge in [0.15, 0.2) is 0 Å². The summed E-state index contributed by atoms with van der Waals surface area (Å²) in [5.41, 5.74) is -1.49. The molecule has 1 heterocycles. The Morgan fingerprint density at radius 3 is 2.33 bits per heavy atom. The van der Waals surface area contributed by atoms with E-state index in [0.29, 0.717) is 23.1 Å². The summed E-state index contributed by atoms with van der Waals surface area (Å²) in [4.78, 5) is 13.8. The zero-order valence-electron chi connectivity index (χ0n) is 11.2. The molecule has 2 aromatic rings. The molecule has 0 radical (unpaired) electrons. The van der Waals surface area contributed by atoms with E-state index in [1.165, 1.54) is 26.4 Å². The van der Waals surface area contributed by atoms with Gasteiger partial charge in [-0.3, -0.25) is 4.79 Å². The number of hydrogen-bond acceptors (Lipinski definition) is 3. The van der Waals surface area contributed by atoms with Crippen LogP contribution in [0.25, 0.3) is 11.3 Å². The van der Waals surface area contributed by atoms with Crippen LogP contribution in [-0.2, 0) is 6.18 Å². The van der Waals surface area contributed by atoms with Crippen LogP contribution < -0.4 is 15.0 Å². The molecular weight excluding hydrogens is 287 g/mol. The molecule has 112 valence electrons. The molecule has 0 fully saturated rings. The van der Waals surface area contributed by atoms with Crippen LogP contribution in [0.4, 0.5) is 13.2 Å². The fourth-order valence-corrected chi connectivity index (χ4v) is 1.87. The summed E-state index contributed by atoms with van der Waals surface area (Å²) in [5.74, 6) is 0.786. The monoisotopic (exact) mass is 299 g/mol. The van der Waals surface area contributed by atoms with Gasteiger partial charge in [-0.15, -0.1) is 0 Å². The number of aromatic amines is 1. The van der Waals surface area contributed by atoms with E-state index in [1.807, 2.05) is 0 Å². The number of alkyl halides is 3. The molecule has 0 aliphatic carbocycles. The van der Waals surface area contributed by atoms with Gasteiger partial charge in [-0.2, -0.15) is 13.2 Å². The number of benzene rings is 1. The van der Waals surface area contributed by atoms with Crippen molar-refractivity contribution in [1.29, 1.82) is 0 Å². The van der Waals surface area contributed by atoms with E-state index in [4.69, 9.17) is 9.47 Å². The number of methoxy groups -OCH3 is 2. The van der Waals surface area contributed by atoms with Gasteiger partial charge in [-0.25, -0.2) is 0 Å². The van der Waals surface area contributed by atoms with Gasteiger partial charge >= 0.3 is 6.18 Å². The molecular formula is C14H12F3NO3. The highest BCUT2D eigenvalue weighted by atomic mass is 19.4. The van der Waals surface area contributed by atoms with E-state index in [1.54, 1.807) is 6.07 Å². The first-order valence-corrected chi connectivity index (χ1v) is 5.89. The third-order valence-corrected chi connectivity index (χ3v) is 2.87. The van der Waals surface area contributed by atoms with E-state index in [-0.39, 0.29) is 5.69 Å². The third-order valence-electron chi connectivity index (χ3n) is 2.87. The maximum Gasteiger partial charge on any atom is 0.416 e. The lowest BCUT2D eigenvalue weighted by Gasteiger charge is -2.12. The van der Waals surface area contributed by atoms with Crippen molar-refractivity contribution in [3.8, 4) is 22.8 Å². The second kappa shape index (κ2) is 5.51. The van der Waals surface area contributed by atoms with Crippen LogP contribution in [-0.4, -0.2) is 19.2 Å². The highest BCUT2D eigenvalue weighted by molar-refractivity contribution is 5.69. The molecule has 21 heavy (non-hydrogen) atoms. The normalized spacial score (nSPS) is 11.3. The predicted octanol–water partition coefficient (Wildman–Crippen LogP) is 3.08. The van der Waals surface area contributed by atoms with Gasteiger partial charge in [0.25, 0.3) is 0 Å². The molecule has 0 atom stereocenters. The van der Waals surface area contributed by atoms with Crippen molar-refractivity contribution in [3.63, 3.8) is 0 Å². The van der Waals surface area contributed by atoms with Crippen LogP contribution in [0, 0.1) is 0 Å². The molecule has 0 aliphatic rings. The average molecular weight is 299 g/mol. The van der Waals surface area contributed by atoms with Crippen molar-refractivity contribution in [3.05, 3.63) is 46.2 Å². The predicted molar refractivity (Wildman–Crippen MR) is 70.6 cm³/mol. The number of hydrogen-bond donors (Lipinski definition) is 1. The lowest BCUT2D eigenvalue weighted by Crippen LogP contribution is -2.14. The minimum Gasteiger partial charge on any atom is -0.497 e. The van der Waals surface area contributed by atoms with Crippen molar-refractivity contribution in [2.75, 3.05) is 14.2 Å². The molecule has 0 saturated carbocycles. The van der Waals surface area contributed by atoms with Crippen LogP contribution in [0.5, 0.6) is 11.5 Å². The smallest absolute Gasteiger partial charge is 0.416 e. The number of pyridine rings is 1. The fraction of sp³-hybridized carbons (Fsp3) is 0.214. The van der Waals surface area contributed by atoms with Gasteiger partial charge < -0.3 is 14.5 Å². The van der Waals surface area contributed by atoms with E-state index >= 15 is 0 Å². The largest absolute Gasteiger partial charge is 0.497 e. The van der Waals surface area contributed by atoms with Gasteiger partial charge in [0.2, 0.25) is 5.56 Å². The summed E-state index contributed by atoms with van der Waals surface area (Å²) in [6, 6.07) is 5.98. The van der Waals surface area contributed by atoms with Gasteiger partial charge in [0, 0.05) is 17.7 Å². The molecule has 0 saturated heterocycles. The highest BCUT2D eigenvalue weighted by Crippen LogP contribution is 2.35. The summed E-state index contributed by atoms with van der Waals surface area (Å²) < 4.78 is 48.4. The molecule has 0 aliphatic heterocycles. The Balaban J connectivity index is 2.62. The molecule has 1 N–H and O–H groups in total. The minimum absolute atomic E-state index is 0.0225. The Kier molecular flexibility index (Phi) is 3.93. The fourth-order valence-electron chi connectivity index (χ4n) is 1.87. The standard InChI is InChI=1S/C14H12F3NO3/c1-20-9-3-4-10(12(7-9)21-2)11-5-8(14(15,16)17)6-13(19)18-11/h3-7H,1-2H3,(H,18,19). The molecule has 0 unspecified atom stereocenters. The molecule has 0 bridgehead atoms. The highest BCUT2D eigenvalue weighted by Gasteiger charge is 2.31. The lowest BCUT2D eigenvalue weighted by atomic mass is 10.1. The molecule has 0 amide bonds. The zero-order chi connectivity index (χ0) is 15.6. The molecule has 0 spiro atoms. The number of H-pyrrole nitrogens is 1. The van der Waals surface area contributed by atoms with E-state index < -0.39 is 17.3 Å². The van der Waals surface area contributed by atoms with Crippen LogP contribution in [0.1, 0.15) is 5.56 Å². The summed E-state index contributed by atoms with van der Waals surface area (Å²) in [7, 11) is 2.84. The number of ether oxygens (including phenoxy) is 2. The van der Waals surface area contributed by atoms with Crippen molar-refractivity contribution in [2.45, 2.75) is 6.18 Å². The Morgan fingerprint density at radius 1 is 1.05 bits per heavy atom. The molecule has 1 aromatic carbocycles. The van der Waals surface area contributed by atoms with Crippen LogP contribution >= 0.6 is 0 Å². The number of nitrogens with one attached hydrogen (secondary N) is 1. The average Bonchev–Trinajstić information content (AvgIpc) is 2.45. The third kappa shape index (κ3) is 3.18. The number of halogens is 3. The van der Waals surface area contributed by atoms with Crippen molar-refractivity contribution >= 4 is 0 Å². The first-order chi connectivity index (χ1) is 9.85. The quantitative estimate of drug-likeness (QED) is 0.947. The Morgan fingerprint density at radius 2 is 1.76 bits per heavy atom. The van der Waals surface area contributed by atoms with Crippen molar-refractivity contribution in [1.82, 2.24) is 4.98 Å². The Bertz CT molecular complexity index is 707. The molecule has 1 aromatic heterocycles. The van der Waals surface area contributed by atoms with Crippen LogP contribution in [0.3, 0.4) is 0 Å². The summed E-state index contributed by atoms with van der Waals surface area (Å²) in [6.45, 7) is 0. The van der Waals surface area contributed by atoms with E-state index in [9.17, 15) is 18.0 Å². The van der Waals surface area contributed by atoms with E-state index in [0.717, 1.165) is 6.07 Å². The van der Waals surface area contributed by atoms with Crippen molar-refractivity contribution in [2.24, 2.45) is 0 Å². The maximum atomic E-state index is 12.8. The van der Waals surface area contributed by atoms with Crippen LogP contribution in [0.2, 0.25) is 0 Å². The summed E-state index contributed by atoms with van der Waals surface area (Å²) in [5, 5.41) is 0.